The maximum absolute atomic E-state index is 12.8. The topological polar surface area (TPSA) is 113 Å². The Labute approximate surface area is 166 Å². The quantitative estimate of drug-likeness (QED) is 0.538. The van der Waals surface area contributed by atoms with E-state index in [4.69, 9.17) is 20.0 Å². The number of hydrogen-bond acceptors (Lipinski definition) is 8. The highest BCUT2D eigenvalue weighted by Crippen LogP contribution is 2.36. The molecule has 142 valence electrons. The third-order valence-electron chi connectivity index (χ3n) is 3.65. The first-order valence-corrected chi connectivity index (χ1v) is 9.30. The van der Waals surface area contributed by atoms with Crippen molar-refractivity contribution < 1.29 is 19.1 Å². The molecule has 0 aliphatic carbocycles. The van der Waals surface area contributed by atoms with Crippen LogP contribution < -0.4 is 0 Å². The van der Waals surface area contributed by atoms with E-state index in [1.165, 1.54) is 17.4 Å². The first-order chi connectivity index (χ1) is 13.5. The number of carbonyl (C=O) groups is 2. The van der Waals surface area contributed by atoms with Gasteiger partial charge in [-0.15, -0.1) is 11.3 Å². The predicted octanol–water partition coefficient (Wildman–Crippen LogP) is 3.90. The Kier molecular flexibility index (Phi) is 7.02. The van der Waals surface area contributed by atoms with Crippen LogP contribution in [0.25, 0.3) is 16.5 Å². The number of nitrogens with zero attached hydrogens (tertiary/aromatic N) is 3. The van der Waals surface area contributed by atoms with E-state index in [-0.39, 0.29) is 35.6 Å². The molecule has 0 fully saturated rings. The van der Waals surface area contributed by atoms with Crippen LogP contribution in [-0.4, -0.2) is 30.1 Å². The average molecular weight is 395 g/mol. The van der Waals surface area contributed by atoms with Crippen molar-refractivity contribution in [2.24, 2.45) is 0 Å². The fraction of sp³-hybridized carbons (Fsp3) is 0.250. The molecule has 0 aliphatic rings. The van der Waals surface area contributed by atoms with Crippen LogP contribution in [0.3, 0.4) is 0 Å². The first kappa shape index (κ1) is 20.8. The van der Waals surface area contributed by atoms with Gasteiger partial charge >= 0.3 is 11.9 Å². The van der Waals surface area contributed by atoms with Gasteiger partial charge in [-0.05, 0) is 38.3 Å². The molecule has 0 aromatic carbocycles. The number of allylic oxidation sites excluding steroid dienone is 1. The summed E-state index contributed by atoms with van der Waals surface area (Å²) in [5.74, 6) is -1.32. The molecule has 28 heavy (non-hydrogen) atoms. The van der Waals surface area contributed by atoms with Gasteiger partial charge in [0.15, 0.2) is 0 Å². The van der Waals surface area contributed by atoms with Crippen LogP contribution in [0.1, 0.15) is 46.0 Å². The van der Waals surface area contributed by atoms with Crippen molar-refractivity contribution in [3.8, 4) is 22.6 Å². The Morgan fingerprint density at radius 3 is 2.25 bits per heavy atom. The van der Waals surface area contributed by atoms with Gasteiger partial charge in [0.2, 0.25) is 0 Å². The number of thiophene rings is 1. The Morgan fingerprint density at radius 1 is 1.14 bits per heavy atom. The lowest BCUT2D eigenvalue weighted by atomic mass is 9.96. The predicted molar refractivity (Wildman–Crippen MR) is 103 cm³/mol. The van der Waals surface area contributed by atoms with E-state index in [9.17, 15) is 9.59 Å². The van der Waals surface area contributed by atoms with Crippen molar-refractivity contribution in [1.82, 2.24) is 4.98 Å². The molecule has 0 radical (unpaired) electrons. The van der Waals surface area contributed by atoms with Crippen LogP contribution in [0.5, 0.6) is 0 Å². The third kappa shape index (κ3) is 4.25. The van der Waals surface area contributed by atoms with Crippen molar-refractivity contribution in [3.05, 3.63) is 45.6 Å². The van der Waals surface area contributed by atoms with E-state index < -0.39 is 11.9 Å². The lowest BCUT2D eigenvalue weighted by Crippen LogP contribution is -2.17. The number of rotatable bonds is 6. The smallest absolute Gasteiger partial charge is 0.341 e. The SMILES string of the molecule is CCOC(=O)c1c(C)nc(C=C(C#N)C#N)c(C(=O)OCC)c1-c1cccs1. The number of ether oxygens (including phenoxy) is 2. The summed E-state index contributed by atoms with van der Waals surface area (Å²) in [5, 5.41) is 20.0. The lowest BCUT2D eigenvalue weighted by Gasteiger charge is -2.16. The minimum atomic E-state index is -0.703. The normalized spacial score (nSPS) is 9.75. The second-order valence-corrected chi connectivity index (χ2v) is 6.36. The molecule has 8 heteroatoms. The van der Waals surface area contributed by atoms with E-state index in [1.807, 2.05) is 0 Å². The van der Waals surface area contributed by atoms with Crippen molar-refractivity contribution in [3.63, 3.8) is 0 Å². The molecule has 0 unspecified atom stereocenters. The number of carbonyl (C=O) groups excluding carboxylic acids is 2. The van der Waals surface area contributed by atoms with Crippen LogP contribution in [-0.2, 0) is 9.47 Å². The molecule has 0 bridgehead atoms. The number of pyridine rings is 1. The highest BCUT2D eigenvalue weighted by molar-refractivity contribution is 7.13. The fourth-order valence-electron chi connectivity index (χ4n) is 2.59. The maximum Gasteiger partial charge on any atom is 0.341 e. The second kappa shape index (κ2) is 9.45. The largest absolute Gasteiger partial charge is 0.462 e. The molecular weight excluding hydrogens is 378 g/mol. The summed E-state index contributed by atoms with van der Waals surface area (Å²) >= 11 is 1.33. The molecule has 0 amide bonds. The zero-order chi connectivity index (χ0) is 20.7. The summed E-state index contributed by atoms with van der Waals surface area (Å²) < 4.78 is 10.3. The molecule has 2 aromatic heterocycles. The van der Waals surface area contributed by atoms with Gasteiger partial charge in [-0.1, -0.05) is 6.07 Å². The number of nitriles is 2. The van der Waals surface area contributed by atoms with Crippen LogP contribution >= 0.6 is 11.3 Å². The van der Waals surface area contributed by atoms with Gasteiger partial charge in [-0.2, -0.15) is 10.5 Å². The standard InChI is InChI=1S/C20H17N3O4S/c1-4-26-19(24)16-12(3)23-14(9-13(10-21)11-22)17(20(25)27-5-2)18(16)15-7-6-8-28-15/h6-9H,4-5H2,1-3H3. The van der Waals surface area contributed by atoms with Gasteiger partial charge in [-0.25, -0.2) is 9.59 Å². The average Bonchev–Trinajstić information content (AvgIpc) is 3.20. The Bertz CT molecular complexity index is 996. The lowest BCUT2D eigenvalue weighted by molar-refractivity contribution is 0.0525. The second-order valence-electron chi connectivity index (χ2n) is 5.41. The van der Waals surface area contributed by atoms with Crippen molar-refractivity contribution in [1.29, 1.82) is 10.5 Å². The summed E-state index contributed by atoms with van der Waals surface area (Å²) in [5.41, 5.74) is 0.669. The number of hydrogen-bond donors (Lipinski definition) is 0. The van der Waals surface area contributed by atoms with Crippen molar-refractivity contribution >= 4 is 29.4 Å². The van der Waals surface area contributed by atoms with Crippen molar-refractivity contribution in [2.45, 2.75) is 20.8 Å². The molecule has 0 aliphatic heterocycles. The van der Waals surface area contributed by atoms with Crippen LogP contribution in [0.4, 0.5) is 0 Å². The first-order valence-electron chi connectivity index (χ1n) is 8.43. The molecule has 2 heterocycles. The number of esters is 2. The Hall–Kier alpha value is -3.49. The highest BCUT2D eigenvalue weighted by Gasteiger charge is 2.29. The summed E-state index contributed by atoms with van der Waals surface area (Å²) in [4.78, 5) is 30.4. The van der Waals surface area contributed by atoms with E-state index in [2.05, 4.69) is 4.98 Å². The summed E-state index contributed by atoms with van der Waals surface area (Å²) in [6, 6.07) is 7.04. The molecule has 2 aromatic rings. The molecular formula is C20H17N3O4S. The monoisotopic (exact) mass is 395 g/mol. The minimum absolute atomic E-state index is 0.0148. The molecule has 0 N–H and O–H groups in total. The number of aryl methyl sites for hydroxylation is 1. The Balaban J connectivity index is 2.96. The van der Waals surface area contributed by atoms with Gasteiger partial charge in [0.1, 0.15) is 17.7 Å². The fourth-order valence-corrected chi connectivity index (χ4v) is 3.37. The summed E-state index contributed by atoms with van der Waals surface area (Å²) in [6.07, 6.45) is 1.21. The van der Waals surface area contributed by atoms with E-state index in [0.29, 0.717) is 16.1 Å². The summed E-state index contributed by atoms with van der Waals surface area (Å²) in [6.45, 7) is 5.21. The zero-order valence-electron chi connectivity index (χ0n) is 15.6. The Morgan fingerprint density at radius 2 is 1.75 bits per heavy atom. The minimum Gasteiger partial charge on any atom is -0.462 e. The van der Waals surface area contributed by atoms with Crippen LogP contribution in [0.2, 0.25) is 0 Å². The van der Waals surface area contributed by atoms with Crippen LogP contribution in [0, 0.1) is 29.6 Å². The molecule has 2 rings (SSSR count). The molecule has 0 saturated heterocycles. The summed E-state index contributed by atoms with van der Waals surface area (Å²) in [7, 11) is 0. The molecule has 7 nitrogen and oxygen atoms in total. The zero-order valence-corrected chi connectivity index (χ0v) is 16.4. The van der Waals surface area contributed by atoms with Gasteiger partial charge in [0.25, 0.3) is 0 Å². The molecule has 0 atom stereocenters. The third-order valence-corrected chi connectivity index (χ3v) is 4.54. The van der Waals surface area contributed by atoms with Crippen molar-refractivity contribution in [2.75, 3.05) is 13.2 Å². The van der Waals surface area contributed by atoms with E-state index >= 15 is 0 Å². The van der Waals surface area contributed by atoms with Gasteiger partial charge in [0, 0.05) is 10.4 Å². The van der Waals surface area contributed by atoms with E-state index in [1.54, 1.807) is 50.4 Å². The van der Waals surface area contributed by atoms with Gasteiger partial charge < -0.3 is 9.47 Å². The van der Waals surface area contributed by atoms with E-state index in [0.717, 1.165) is 0 Å². The molecule has 0 spiro atoms. The maximum atomic E-state index is 12.8. The number of aromatic nitrogens is 1. The van der Waals surface area contributed by atoms with Gasteiger partial charge in [-0.3, -0.25) is 4.98 Å². The highest BCUT2D eigenvalue weighted by atomic mass is 32.1. The van der Waals surface area contributed by atoms with Crippen LogP contribution in [0.15, 0.2) is 23.1 Å². The van der Waals surface area contributed by atoms with Gasteiger partial charge in [0.05, 0.1) is 35.7 Å². The molecule has 0 saturated carbocycles.